The van der Waals surface area contributed by atoms with Gasteiger partial charge in [0.1, 0.15) is 5.75 Å². The molecular weight excluding hydrogens is 338 g/mol. The second kappa shape index (κ2) is 7.30. The van der Waals surface area contributed by atoms with Gasteiger partial charge in [0, 0.05) is 5.56 Å². The van der Waals surface area contributed by atoms with Gasteiger partial charge in [0.2, 0.25) is 0 Å². The van der Waals surface area contributed by atoms with Gasteiger partial charge in [0.05, 0.1) is 5.56 Å². The van der Waals surface area contributed by atoms with Crippen LogP contribution in [-0.2, 0) is 0 Å². The Morgan fingerprint density at radius 1 is 0.778 bits per heavy atom. The fourth-order valence-electron chi connectivity index (χ4n) is 2.80. The number of aromatic nitrogens is 1. The van der Waals surface area contributed by atoms with E-state index < -0.39 is 5.56 Å². The van der Waals surface area contributed by atoms with Gasteiger partial charge in [0.25, 0.3) is 5.56 Å². The van der Waals surface area contributed by atoms with Crippen molar-refractivity contribution in [2.24, 2.45) is 0 Å². The van der Waals surface area contributed by atoms with E-state index in [0.29, 0.717) is 17.1 Å². The third-order valence-corrected chi connectivity index (χ3v) is 4.15. The van der Waals surface area contributed by atoms with Gasteiger partial charge in [-0.3, -0.25) is 4.79 Å². The molecule has 4 rings (SSSR count). The van der Waals surface area contributed by atoms with Crippen molar-refractivity contribution in [1.82, 2.24) is 4.98 Å². The molecule has 4 heteroatoms. The van der Waals surface area contributed by atoms with Crippen LogP contribution in [-0.4, -0.2) is 4.98 Å². The molecule has 4 nitrogen and oxygen atoms in total. The van der Waals surface area contributed by atoms with Gasteiger partial charge in [0.15, 0.2) is 5.76 Å². The van der Waals surface area contributed by atoms with Crippen LogP contribution in [0.2, 0.25) is 0 Å². The van der Waals surface area contributed by atoms with Crippen LogP contribution in [0.3, 0.4) is 0 Å². The minimum atomic E-state index is -0.395. The average Bonchev–Trinajstić information content (AvgIpc) is 2.71. The zero-order valence-electron chi connectivity index (χ0n) is 14.8. The lowest BCUT2D eigenvalue weighted by atomic mass is 10.0. The lowest BCUT2D eigenvalue weighted by Gasteiger charge is -2.10. The van der Waals surface area contributed by atoms with Gasteiger partial charge in [-0.15, -0.1) is 4.98 Å². The highest BCUT2D eigenvalue weighted by Gasteiger charge is 2.18. The molecule has 0 spiro atoms. The molecule has 0 amide bonds. The van der Waals surface area contributed by atoms with Gasteiger partial charge < -0.3 is 9.15 Å². The van der Waals surface area contributed by atoms with Crippen LogP contribution in [0.4, 0.5) is 0 Å². The van der Waals surface area contributed by atoms with E-state index in [0.717, 1.165) is 16.7 Å². The van der Waals surface area contributed by atoms with Gasteiger partial charge in [-0.1, -0.05) is 78.4 Å². The predicted molar refractivity (Wildman–Crippen MR) is 105 cm³/mol. The smallest absolute Gasteiger partial charge is 0.403 e. The zero-order valence-corrected chi connectivity index (χ0v) is 14.8. The molecule has 0 bridgehead atoms. The first kappa shape index (κ1) is 16.8. The highest BCUT2D eigenvalue weighted by molar-refractivity contribution is 5.78. The average molecular weight is 355 g/mol. The van der Waals surface area contributed by atoms with Crippen LogP contribution in [0.15, 0.2) is 94.1 Å². The van der Waals surface area contributed by atoms with Crippen LogP contribution in [0, 0.1) is 6.92 Å². The van der Waals surface area contributed by atoms with Crippen LogP contribution >= 0.6 is 0 Å². The SMILES string of the molecule is Cc1ccc(Oc2nc(=O)c(-c3ccccc3)c(-c3ccccc3)o2)cc1. The number of ether oxygens (including phenoxy) is 1. The maximum Gasteiger partial charge on any atom is 0.403 e. The lowest BCUT2D eigenvalue weighted by molar-refractivity contribution is 0.319. The molecule has 3 aromatic carbocycles. The fourth-order valence-corrected chi connectivity index (χ4v) is 2.80. The summed E-state index contributed by atoms with van der Waals surface area (Å²) in [7, 11) is 0. The normalized spacial score (nSPS) is 10.6. The summed E-state index contributed by atoms with van der Waals surface area (Å²) in [6.45, 7) is 1.99. The van der Waals surface area contributed by atoms with E-state index in [4.69, 9.17) is 9.15 Å². The minimum Gasteiger partial charge on any atom is -0.411 e. The van der Waals surface area contributed by atoms with Crippen molar-refractivity contribution in [1.29, 1.82) is 0 Å². The van der Waals surface area contributed by atoms with E-state index in [2.05, 4.69) is 4.98 Å². The molecule has 0 atom stereocenters. The molecule has 0 aliphatic heterocycles. The Labute approximate surface area is 156 Å². The summed E-state index contributed by atoms with van der Waals surface area (Å²) in [5.41, 5.74) is 2.66. The molecule has 0 N–H and O–H groups in total. The first-order valence-electron chi connectivity index (χ1n) is 8.61. The van der Waals surface area contributed by atoms with Crippen molar-refractivity contribution >= 4 is 0 Å². The second-order valence-electron chi connectivity index (χ2n) is 6.14. The number of nitrogens with zero attached hydrogens (tertiary/aromatic N) is 1. The van der Waals surface area contributed by atoms with Crippen LogP contribution in [0.1, 0.15) is 5.56 Å². The molecule has 132 valence electrons. The van der Waals surface area contributed by atoms with Gasteiger partial charge in [-0.05, 0) is 24.6 Å². The minimum absolute atomic E-state index is 0.0811. The number of benzene rings is 3. The molecule has 0 aliphatic rings. The van der Waals surface area contributed by atoms with Crippen LogP contribution < -0.4 is 10.3 Å². The Kier molecular flexibility index (Phi) is 4.54. The molecule has 4 aromatic rings. The molecule has 0 unspecified atom stereocenters. The third kappa shape index (κ3) is 3.65. The molecule has 0 saturated heterocycles. The van der Waals surface area contributed by atoms with E-state index in [1.54, 1.807) is 0 Å². The maximum atomic E-state index is 12.8. The molecule has 1 aromatic heterocycles. The van der Waals surface area contributed by atoms with Crippen molar-refractivity contribution in [2.45, 2.75) is 6.92 Å². The number of hydrogen-bond donors (Lipinski definition) is 0. The van der Waals surface area contributed by atoms with E-state index in [1.165, 1.54) is 0 Å². The Hall–Kier alpha value is -3.66. The molecule has 0 aliphatic carbocycles. The van der Waals surface area contributed by atoms with Crippen molar-refractivity contribution in [2.75, 3.05) is 0 Å². The Morgan fingerprint density at radius 2 is 1.37 bits per heavy atom. The molecule has 1 heterocycles. The maximum absolute atomic E-state index is 12.8. The fraction of sp³-hybridized carbons (Fsp3) is 0.0435. The Morgan fingerprint density at radius 3 is 2.00 bits per heavy atom. The van der Waals surface area contributed by atoms with Crippen LogP contribution in [0.5, 0.6) is 11.8 Å². The largest absolute Gasteiger partial charge is 0.411 e. The van der Waals surface area contributed by atoms with E-state index in [1.807, 2.05) is 91.9 Å². The molecule has 0 fully saturated rings. The number of hydrogen-bond acceptors (Lipinski definition) is 4. The summed E-state index contributed by atoms with van der Waals surface area (Å²) in [5.74, 6) is 0.992. The Bertz CT molecular complexity index is 1100. The topological polar surface area (TPSA) is 52.3 Å². The van der Waals surface area contributed by atoms with E-state index in [-0.39, 0.29) is 6.08 Å². The lowest BCUT2D eigenvalue weighted by Crippen LogP contribution is -2.11. The third-order valence-electron chi connectivity index (χ3n) is 4.15. The molecule has 0 radical (unpaired) electrons. The quantitative estimate of drug-likeness (QED) is 0.487. The first-order chi connectivity index (χ1) is 13.2. The zero-order chi connectivity index (χ0) is 18.6. The first-order valence-corrected chi connectivity index (χ1v) is 8.61. The summed E-state index contributed by atoms with van der Waals surface area (Å²) in [4.78, 5) is 16.8. The van der Waals surface area contributed by atoms with Crippen LogP contribution in [0.25, 0.3) is 22.5 Å². The van der Waals surface area contributed by atoms with Crippen molar-refractivity contribution in [3.05, 3.63) is 101 Å². The number of rotatable bonds is 4. The van der Waals surface area contributed by atoms with Gasteiger partial charge >= 0.3 is 6.08 Å². The monoisotopic (exact) mass is 355 g/mol. The van der Waals surface area contributed by atoms with Gasteiger partial charge in [-0.25, -0.2) is 0 Å². The highest BCUT2D eigenvalue weighted by Crippen LogP contribution is 2.32. The summed E-state index contributed by atoms with van der Waals surface area (Å²) in [6, 6.07) is 26.3. The number of aryl methyl sites for hydroxylation is 1. The predicted octanol–water partition coefficient (Wildman–Crippen LogP) is 5.47. The summed E-state index contributed by atoms with van der Waals surface area (Å²) >= 11 is 0. The summed E-state index contributed by atoms with van der Waals surface area (Å²) in [5, 5.41) is 0. The van der Waals surface area contributed by atoms with Gasteiger partial charge in [-0.2, -0.15) is 0 Å². The highest BCUT2D eigenvalue weighted by atomic mass is 16.6. The molecule has 0 saturated carbocycles. The molecule has 27 heavy (non-hydrogen) atoms. The van der Waals surface area contributed by atoms with E-state index in [9.17, 15) is 4.79 Å². The molecular formula is C23H17NO3. The Balaban J connectivity index is 1.85. The van der Waals surface area contributed by atoms with Crippen molar-refractivity contribution in [3.63, 3.8) is 0 Å². The second-order valence-corrected chi connectivity index (χ2v) is 6.14. The standard InChI is InChI=1S/C23H17NO3/c1-16-12-14-19(15-13-16)26-23-24-22(25)20(17-8-4-2-5-9-17)21(27-23)18-10-6-3-7-11-18/h2-15H,1H3. The summed E-state index contributed by atoms with van der Waals surface area (Å²) < 4.78 is 11.6. The van der Waals surface area contributed by atoms with Crippen molar-refractivity contribution < 1.29 is 9.15 Å². The summed E-state index contributed by atoms with van der Waals surface area (Å²) in [6.07, 6.45) is -0.0811. The van der Waals surface area contributed by atoms with E-state index >= 15 is 0 Å². The van der Waals surface area contributed by atoms with Crippen molar-refractivity contribution in [3.8, 4) is 34.3 Å².